The number of nitrogen functional groups attached to an aromatic ring is 1. The summed E-state index contributed by atoms with van der Waals surface area (Å²) >= 11 is 0. The van der Waals surface area contributed by atoms with Crippen molar-refractivity contribution in [1.29, 1.82) is 0 Å². The third kappa shape index (κ3) is 2.87. The number of carbonyl (C=O) groups is 2. The van der Waals surface area contributed by atoms with Crippen LogP contribution >= 0.6 is 0 Å². The number of aromatic nitrogens is 3. The largest absolute Gasteiger partial charge is 0.508 e. The van der Waals surface area contributed by atoms with E-state index in [2.05, 4.69) is 15.3 Å². The molecule has 0 bridgehead atoms. The van der Waals surface area contributed by atoms with Crippen LogP contribution in [0, 0.1) is 6.92 Å². The second-order valence-corrected chi connectivity index (χ2v) is 6.86. The number of hydrogen-bond donors (Lipinski definition) is 4. The van der Waals surface area contributed by atoms with E-state index >= 15 is 0 Å². The van der Waals surface area contributed by atoms with E-state index in [0.717, 1.165) is 5.56 Å². The Bertz CT molecular complexity index is 1340. The highest BCUT2D eigenvalue weighted by Crippen LogP contribution is 2.33. The summed E-state index contributed by atoms with van der Waals surface area (Å²) in [4.78, 5) is 33.9. The molecule has 2 heterocycles. The highest BCUT2D eigenvalue weighted by atomic mass is 16.3. The number of anilines is 1. The first-order chi connectivity index (χ1) is 14.3. The molecule has 0 unspecified atom stereocenters. The zero-order chi connectivity index (χ0) is 21.6. The predicted molar refractivity (Wildman–Crippen MR) is 114 cm³/mol. The predicted octanol–water partition coefficient (Wildman–Crippen LogP) is 2.02. The van der Waals surface area contributed by atoms with E-state index in [0.29, 0.717) is 28.8 Å². The van der Waals surface area contributed by atoms with Crippen LogP contribution in [0.3, 0.4) is 0 Å². The molecule has 2 aromatic carbocycles. The van der Waals surface area contributed by atoms with Crippen LogP contribution < -0.4 is 16.8 Å². The molecule has 2 amide bonds. The monoisotopic (exact) mass is 404 g/mol. The van der Waals surface area contributed by atoms with Gasteiger partial charge in [-0.15, -0.1) is 0 Å². The van der Waals surface area contributed by atoms with Gasteiger partial charge in [0, 0.05) is 12.6 Å². The summed E-state index contributed by atoms with van der Waals surface area (Å²) in [5, 5.41) is 12.7. The number of phenolic OH excluding ortho intramolecular Hbond substituents is 1. The van der Waals surface area contributed by atoms with Crippen LogP contribution in [0.2, 0.25) is 0 Å². The van der Waals surface area contributed by atoms with Crippen molar-refractivity contribution in [2.24, 2.45) is 5.73 Å². The van der Waals surface area contributed by atoms with Crippen molar-refractivity contribution in [2.75, 3.05) is 12.3 Å². The summed E-state index contributed by atoms with van der Waals surface area (Å²) in [5.41, 5.74) is 14.9. The Labute approximate surface area is 171 Å². The number of nitrogens with two attached hydrogens (primary N) is 2. The third-order valence-electron chi connectivity index (χ3n) is 4.88. The van der Waals surface area contributed by atoms with Gasteiger partial charge in [-0.1, -0.05) is 12.1 Å². The van der Waals surface area contributed by atoms with Crippen LogP contribution in [0.4, 0.5) is 5.82 Å². The number of amides is 2. The van der Waals surface area contributed by atoms with E-state index in [1.165, 1.54) is 10.6 Å². The van der Waals surface area contributed by atoms with E-state index in [9.17, 15) is 14.7 Å². The topological polar surface area (TPSA) is 149 Å². The highest BCUT2D eigenvalue weighted by Gasteiger charge is 2.25. The van der Waals surface area contributed by atoms with Gasteiger partial charge in [-0.25, -0.2) is 9.97 Å². The average molecular weight is 404 g/mol. The van der Waals surface area contributed by atoms with E-state index in [1.807, 2.05) is 13.8 Å². The van der Waals surface area contributed by atoms with E-state index in [1.54, 1.807) is 30.3 Å². The molecule has 152 valence electrons. The van der Waals surface area contributed by atoms with Gasteiger partial charge >= 0.3 is 0 Å². The summed E-state index contributed by atoms with van der Waals surface area (Å²) in [6.45, 7) is 4.11. The lowest BCUT2D eigenvalue weighted by molar-refractivity contribution is 0.0955. The lowest BCUT2D eigenvalue weighted by Gasteiger charge is -2.12. The number of hydrogen-bond acceptors (Lipinski definition) is 6. The lowest BCUT2D eigenvalue weighted by atomic mass is 10.1. The molecule has 0 saturated carbocycles. The normalized spacial score (nSPS) is 11.1. The van der Waals surface area contributed by atoms with Crippen LogP contribution in [0.5, 0.6) is 5.75 Å². The first-order valence-electron chi connectivity index (χ1n) is 9.32. The number of benzene rings is 2. The van der Waals surface area contributed by atoms with Gasteiger partial charge in [-0.05, 0) is 37.6 Å². The van der Waals surface area contributed by atoms with Crippen molar-refractivity contribution < 1.29 is 14.7 Å². The molecule has 0 aliphatic carbocycles. The number of nitrogens with one attached hydrogen (secondary N) is 1. The van der Waals surface area contributed by atoms with Gasteiger partial charge in [0.25, 0.3) is 11.8 Å². The second-order valence-electron chi connectivity index (χ2n) is 6.86. The summed E-state index contributed by atoms with van der Waals surface area (Å²) in [6.07, 6.45) is 0. The van der Waals surface area contributed by atoms with Gasteiger partial charge in [0.05, 0.1) is 16.8 Å². The van der Waals surface area contributed by atoms with E-state index in [-0.39, 0.29) is 34.2 Å². The van der Waals surface area contributed by atoms with Crippen LogP contribution in [0.1, 0.15) is 33.2 Å². The van der Waals surface area contributed by atoms with Gasteiger partial charge in [0.2, 0.25) is 0 Å². The number of aromatic hydroxyl groups is 1. The van der Waals surface area contributed by atoms with Gasteiger partial charge in [-0.3, -0.25) is 14.2 Å². The molecule has 30 heavy (non-hydrogen) atoms. The Morgan fingerprint density at radius 1 is 1.17 bits per heavy atom. The van der Waals surface area contributed by atoms with Crippen molar-refractivity contribution in [2.45, 2.75) is 13.8 Å². The lowest BCUT2D eigenvalue weighted by Crippen LogP contribution is -2.23. The van der Waals surface area contributed by atoms with E-state index < -0.39 is 5.91 Å². The molecule has 0 aliphatic rings. The Kier molecular flexibility index (Phi) is 4.50. The number of nitrogens with zero attached hydrogens (tertiary/aromatic N) is 3. The van der Waals surface area contributed by atoms with Crippen molar-refractivity contribution in [3.05, 3.63) is 53.1 Å². The first kappa shape index (κ1) is 19.2. The van der Waals surface area contributed by atoms with Gasteiger partial charge in [0.15, 0.2) is 5.65 Å². The van der Waals surface area contributed by atoms with Crippen LogP contribution in [-0.4, -0.2) is 38.0 Å². The van der Waals surface area contributed by atoms with Crippen molar-refractivity contribution in [1.82, 2.24) is 19.9 Å². The minimum atomic E-state index is -0.748. The molecule has 0 saturated heterocycles. The van der Waals surface area contributed by atoms with Crippen molar-refractivity contribution in [3.63, 3.8) is 0 Å². The van der Waals surface area contributed by atoms with Gasteiger partial charge < -0.3 is 21.9 Å². The second kappa shape index (κ2) is 7.03. The maximum atomic E-state index is 12.5. The quantitative estimate of drug-likeness (QED) is 0.409. The zero-order valence-corrected chi connectivity index (χ0v) is 16.4. The fourth-order valence-corrected chi connectivity index (χ4v) is 3.50. The first-order valence-corrected chi connectivity index (χ1v) is 9.32. The van der Waals surface area contributed by atoms with Gasteiger partial charge in [-0.2, -0.15) is 0 Å². The maximum absolute atomic E-state index is 12.5. The summed E-state index contributed by atoms with van der Waals surface area (Å²) < 4.78 is 1.52. The smallest absolute Gasteiger partial charge is 0.254 e. The van der Waals surface area contributed by atoms with Gasteiger partial charge in [0.1, 0.15) is 28.2 Å². The minimum Gasteiger partial charge on any atom is -0.508 e. The fourth-order valence-electron chi connectivity index (χ4n) is 3.50. The number of rotatable bonds is 4. The maximum Gasteiger partial charge on any atom is 0.254 e. The molecule has 0 aliphatic heterocycles. The fraction of sp³-hybridized carbons (Fsp3) is 0.143. The third-order valence-corrected chi connectivity index (χ3v) is 4.88. The molecule has 9 nitrogen and oxygen atoms in total. The molecule has 2 aromatic heterocycles. The van der Waals surface area contributed by atoms with Crippen molar-refractivity contribution >= 4 is 39.8 Å². The number of phenols is 1. The number of carbonyl (C=O) groups excluding carboxylic acids is 2. The Balaban J connectivity index is 2.15. The number of para-hydroxylation sites is 1. The zero-order valence-electron chi connectivity index (χ0n) is 16.4. The Morgan fingerprint density at radius 2 is 1.93 bits per heavy atom. The molecular formula is C21H20N6O3. The average Bonchev–Trinajstić information content (AvgIpc) is 2.98. The molecule has 6 N–H and O–H groups in total. The summed E-state index contributed by atoms with van der Waals surface area (Å²) in [5.74, 6) is -0.954. The molecular weight excluding hydrogens is 384 g/mol. The van der Waals surface area contributed by atoms with Crippen LogP contribution in [0.15, 0.2) is 36.4 Å². The number of primary amides is 1. The minimum absolute atomic E-state index is 0.0224. The number of aryl methyl sites for hydroxylation is 1. The number of fused-ring (bicyclic) bond motifs is 2. The molecule has 4 rings (SSSR count). The standard InChI is InChI=1S/C21H20N6O3/c1-3-24-21(30)12-5-4-6-13-16(12)26-20-17(25-13)15(19(23)29)18(22)27(20)14-9-11(28)8-7-10(14)2/h4-9,28H,3,22H2,1-2H3,(H2,23,29)(H,24,30). The Morgan fingerprint density at radius 3 is 2.63 bits per heavy atom. The summed E-state index contributed by atoms with van der Waals surface area (Å²) in [6, 6.07) is 9.81. The molecule has 0 atom stereocenters. The molecule has 9 heteroatoms. The van der Waals surface area contributed by atoms with E-state index in [4.69, 9.17) is 11.5 Å². The molecule has 0 radical (unpaired) electrons. The summed E-state index contributed by atoms with van der Waals surface area (Å²) in [7, 11) is 0. The van der Waals surface area contributed by atoms with Crippen LogP contribution in [-0.2, 0) is 0 Å². The molecule has 0 fully saturated rings. The molecule has 4 aromatic rings. The van der Waals surface area contributed by atoms with Crippen LogP contribution in [0.25, 0.3) is 27.9 Å². The van der Waals surface area contributed by atoms with Crippen molar-refractivity contribution in [3.8, 4) is 11.4 Å². The Hall–Kier alpha value is -4.14. The molecule has 0 spiro atoms. The SMILES string of the molecule is CCNC(=O)c1cccc2nc3c(C(N)=O)c(N)n(-c4cc(O)ccc4C)c3nc12. The highest BCUT2D eigenvalue weighted by molar-refractivity contribution is 6.12.